The molecule has 0 rings (SSSR count). The minimum absolute atomic E-state index is 0.181. The van der Waals surface area contributed by atoms with Gasteiger partial charge in [-0.05, 0) is 6.42 Å². The largest absolute Gasteiger partial charge is 0.396 e. The molecule has 7 heavy (non-hydrogen) atoms. The van der Waals surface area contributed by atoms with E-state index in [4.69, 9.17) is 5.11 Å². The second-order valence-corrected chi connectivity index (χ2v) is 1.98. The van der Waals surface area contributed by atoms with Crippen molar-refractivity contribution in [1.82, 2.24) is 0 Å². The van der Waals surface area contributed by atoms with E-state index in [0.29, 0.717) is 6.42 Å². The number of hydrogen-bond acceptors (Lipinski definition) is 3. The fourth-order valence-electron chi connectivity index (χ4n) is 0.196. The van der Waals surface area contributed by atoms with Gasteiger partial charge >= 0.3 is 0 Å². The van der Waals surface area contributed by atoms with Crippen molar-refractivity contribution in [3.63, 3.8) is 0 Å². The van der Waals surface area contributed by atoms with E-state index in [0.717, 1.165) is 11.4 Å². The van der Waals surface area contributed by atoms with Gasteiger partial charge in [-0.1, -0.05) is 11.8 Å². The Morgan fingerprint density at radius 3 is 2.86 bits per heavy atom. The normalized spacial score (nSPS) is 8.71. The molecule has 3 heteroatoms. The van der Waals surface area contributed by atoms with E-state index in [9.17, 15) is 4.79 Å². The monoisotopic (exact) mass is 120 g/mol. The molecule has 0 aromatic heterocycles. The van der Waals surface area contributed by atoms with Crippen LogP contribution in [0.3, 0.4) is 0 Å². The van der Waals surface area contributed by atoms with Crippen LogP contribution in [0.15, 0.2) is 0 Å². The molecule has 0 radical (unpaired) electrons. The zero-order valence-corrected chi connectivity index (χ0v) is 4.78. The van der Waals surface area contributed by atoms with Crippen molar-refractivity contribution in [3.05, 3.63) is 0 Å². The summed E-state index contributed by atoms with van der Waals surface area (Å²) in [5.41, 5.74) is 0.787. The third-order valence-electron chi connectivity index (χ3n) is 0.488. The third kappa shape index (κ3) is 5.98. The maximum absolute atomic E-state index is 9.56. The van der Waals surface area contributed by atoms with Gasteiger partial charge in [-0.15, -0.1) is 0 Å². The van der Waals surface area contributed by atoms with Crippen LogP contribution in [0, 0.1) is 0 Å². The molecule has 0 unspecified atom stereocenters. The van der Waals surface area contributed by atoms with Crippen LogP contribution in [0.5, 0.6) is 0 Å². The average Bonchev–Trinajstić information content (AvgIpc) is 1.69. The van der Waals surface area contributed by atoms with Gasteiger partial charge in [0, 0.05) is 12.4 Å². The number of hydrogen-bond donors (Lipinski definition) is 1. The Morgan fingerprint density at radius 1 is 1.71 bits per heavy atom. The van der Waals surface area contributed by atoms with Crippen LogP contribution in [-0.2, 0) is 4.79 Å². The lowest BCUT2D eigenvalue weighted by molar-refractivity contribution is 0.296. The standard InChI is InChI=1S/C4H8O2S/c5-2-1-3-7-4-6/h4-5H,1-3H2. The maximum Gasteiger partial charge on any atom is 0.176 e. The fourth-order valence-corrected chi connectivity index (χ4v) is 0.588. The Labute approximate surface area is 46.9 Å². The summed E-state index contributed by atoms with van der Waals surface area (Å²) in [5.74, 6) is 0.736. The van der Waals surface area contributed by atoms with Crippen LogP contribution in [-0.4, -0.2) is 23.1 Å². The van der Waals surface area contributed by atoms with E-state index in [2.05, 4.69) is 0 Å². The quantitative estimate of drug-likeness (QED) is 0.428. The number of rotatable bonds is 4. The highest BCUT2D eigenvalue weighted by atomic mass is 32.2. The van der Waals surface area contributed by atoms with Crippen molar-refractivity contribution in [2.45, 2.75) is 6.42 Å². The van der Waals surface area contributed by atoms with Gasteiger partial charge in [-0.3, -0.25) is 4.79 Å². The van der Waals surface area contributed by atoms with Crippen molar-refractivity contribution < 1.29 is 9.90 Å². The SMILES string of the molecule is O=CSCCCO. The summed E-state index contributed by atoms with van der Waals surface area (Å²) in [4.78, 5) is 9.56. The summed E-state index contributed by atoms with van der Waals surface area (Å²) in [7, 11) is 0. The van der Waals surface area contributed by atoms with Gasteiger partial charge in [0.1, 0.15) is 0 Å². The summed E-state index contributed by atoms with van der Waals surface area (Å²) >= 11 is 1.19. The summed E-state index contributed by atoms with van der Waals surface area (Å²) in [6, 6.07) is 0. The van der Waals surface area contributed by atoms with Gasteiger partial charge in [0.2, 0.25) is 0 Å². The van der Waals surface area contributed by atoms with E-state index < -0.39 is 0 Å². The van der Waals surface area contributed by atoms with Crippen LogP contribution < -0.4 is 0 Å². The number of aliphatic hydroxyl groups is 1. The highest BCUT2D eigenvalue weighted by Crippen LogP contribution is 1.93. The summed E-state index contributed by atoms with van der Waals surface area (Å²) < 4.78 is 0. The molecule has 0 spiro atoms. The molecule has 0 heterocycles. The first-order chi connectivity index (χ1) is 3.41. The molecule has 0 aliphatic heterocycles. The molecule has 42 valence electrons. The molecular formula is C4H8O2S. The second-order valence-electron chi connectivity index (χ2n) is 1.04. The number of aliphatic hydroxyl groups excluding tert-OH is 1. The minimum atomic E-state index is 0.181. The second kappa shape index (κ2) is 5.98. The predicted octanol–water partition coefficient (Wildman–Crippen LogP) is 0.292. The van der Waals surface area contributed by atoms with Gasteiger partial charge < -0.3 is 5.11 Å². The van der Waals surface area contributed by atoms with Crippen LogP contribution >= 0.6 is 11.8 Å². The molecule has 0 saturated heterocycles. The highest BCUT2D eigenvalue weighted by molar-refractivity contribution is 8.11. The number of carbonyl (C=O) groups is 1. The van der Waals surface area contributed by atoms with Crippen LogP contribution in [0.25, 0.3) is 0 Å². The molecule has 1 N–H and O–H groups in total. The predicted molar refractivity (Wildman–Crippen MR) is 30.9 cm³/mol. The Kier molecular flexibility index (Phi) is 5.96. The third-order valence-corrected chi connectivity index (χ3v) is 1.15. The molecular weight excluding hydrogens is 112 g/mol. The zero-order valence-electron chi connectivity index (χ0n) is 3.96. The summed E-state index contributed by atoms with van der Waals surface area (Å²) in [5, 5.41) is 8.16. The first kappa shape index (κ1) is 6.98. The minimum Gasteiger partial charge on any atom is -0.396 e. The Morgan fingerprint density at radius 2 is 2.43 bits per heavy atom. The molecule has 0 atom stereocenters. The Hall–Kier alpha value is -0.0200. The molecule has 0 aliphatic carbocycles. The average molecular weight is 120 g/mol. The molecule has 0 bridgehead atoms. The van der Waals surface area contributed by atoms with E-state index in [-0.39, 0.29) is 6.61 Å². The van der Waals surface area contributed by atoms with Crippen molar-refractivity contribution in [1.29, 1.82) is 0 Å². The van der Waals surface area contributed by atoms with Gasteiger partial charge in [0.15, 0.2) is 5.62 Å². The van der Waals surface area contributed by atoms with Gasteiger partial charge in [-0.2, -0.15) is 0 Å². The fraction of sp³-hybridized carbons (Fsp3) is 0.750. The lowest BCUT2D eigenvalue weighted by Gasteiger charge is -1.85. The molecule has 2 nitrogen and oxygen atoms in total. The van der Waals surface area contributed by atoms with Crippen LogP contribution in [0.2, 0.25) is 0 Å². The molecule has 0 amide bonds. The van der Waals surface area contributed by atoms with Crippen LogP contribution in [0.1, 0.15) is 6.42 Å². The maximum atomic E-state index is 9.56. The highest BCUT2D eigenvalue weighted by Gasteiger charge is 1.81. The van der Waals surface area contributed by atoms with Gasteiger partial charge in [0.25, 0.3) is 0 Å². The number of thioether (sulfide) groups is 1. The smallest absolute Gasteiger partial charge is 0.176 e. The van der Waals surface area contributed by atoms with Crippen molar-refractivity contribution >= 4 is 17.4 Å². The first-order valence-electron chi connectivity index (χ1n) is 2.08. The van der Waals surface area contributed by atoms with Crippen molar-refractivity contribution in [2.75, 3.05) is 12.4 Å². The van der Waals surface area contributed by atoms with Crippen molar-refractivity contribution in [2.24, 2.45) is 0 Å². The van der Waals surface area contributed by atoms with E-state index in [1.807, 2.05) is 0 Å². The van der Waals surface area contributed by atoms with Crippen LogP contribution in [0.4, 0.5) is 0 Å². The summed E-state index contributed by atoms with van der Waals surface area (Å²) in [6.07, 6.45) is 0.712. The molecule has 0 fully saturated rings. The van der Waals surface area contributed by atoms with Gasteiger partial charge in [-0.25, -0.2) is 0 Å². The Balaban J connectivity index is 2.56. The Bertz CT molecular complexity index is 47.0. The molecule has 0 aliphatic rings. The lowest BCUT2D eigenvalue weighted by atomic mass is 10.5. The van der Waals surface area contributed by atoms with E-state index in [1.165, 1.54) is 11.8 Å². The topological polar surface area (TPSA) is 37.3 Å². The van der Waals surface area contributed by atoms with Crippen molar-refractivity contribution in [3.8, 4) is 0 Å². The molecule has 0 saturated carbocycles. The summed E-state index contributed by atoms with van der Waals surface area (Å²) in [6.45, 7) is 0.181. The molecule has 0 aromatic rings. The van der Waals surface area contributed by atoms with E-state index in [1.54, 1.807) is 0 Å². The zero-order chi connectivity index (χ0) is 5.54. The number of carbonyl (C=O) groups excluding carboxylic acids is 1. The molecule has 0 aromatic carbocycles. The first-order valence-corrected chi connectivity index (χ1v) is 3.13. The van der Waals surface area contributed by atoms with Gasteiger partial charge in [0.05, 0.1) is 0 Å². The van der Waals surface area contributed by atoms with E-state index >= 15 is 0 Å². The lowest BCUT2D eigenvalue weighted by Crippen LogP contribution is -1.83.